The van der Waals surface area contributed by atoms with Gasteiger partial charge in [-0.15, -0.1) is 0 Å². The van der Waals surface area contributed by atoms with E-state index in [0.717, 1.165) is 12.3 Å². The van der Waals surface area contributed by atoms with Gasteiger partial charge in [-0.2, -0.15) is 0 Å². The van der Waals surface area contributed by atoms with E-state index in [-0.39, 0.29) is 5.60 Å². The molecule has 0 radical (unpaired) electrons. The summed E-state index contributed by atoms with van der Waals surface area (Å²) in [6.07, 6.45) is 4.72. The Morgan fingerprint density at radius 2 is 1.80 bits per heavy atom. The number of benzene rings is 1. The number of ether oxygens (including phenoxy) is 1. The van der Waals surface area contributed by atoms with Gasteiger partial charge in [-0.1, -0.05) is 26.0 Å². The van der Waals surface area contributed by atoms with Crippen LogP contribution in [0.25, 0.3) is 0 Å². The fraction of sp³-hybridized carbons (Fsp3) is 0.727. The minimum atomic E-state index is 0.0986. The topological polar surface area (TPSA) is 15.7 Å². The summed E-state index contributed by atoms with van der Waals surface area (Å²) in [4.78, 5) is 5.14. The van der Waals surface area contributed by atoms with Gasteiger partial charge in [-0.05, 0) is 62.1 Å². The highest BCUT2D eigenvalue weighted by Gasteiger charge is 2.40. The molecule has 0 aliphatic carbocycles. The minimum Gasteiger partial charge on any atom is -0.487 e. The number of aryl methyl sites for hydroxylation is 1. The van der Waals surface area contributed by atoms with E-state index >= 15 is 0 Å². The highest BCUT2D eigenvalue weighted by molar-refractivity contribution is 5.40. The van der Waals surface area contributed by atoms with Gasteiger partial charge in [0.2, 0.25) is 0 Å². The fourth-order valence-electron chi connectivity index (χ4n) is 5.01. The molecule has 4 rings (SSSR count). The largest absolute Gasteiger partial charge is 0.487 e. The van der Waals surface area contributed by atoms with Crippen LogP contribution in [0, 0.1) is 5.41 Å². The lowest BCUT2D eigenvalue weighted by Gasteiger charge is -2.46. The van der Waals surface area contributed by atoms with Crippen molar-refractivity contribution in [3.05, 3.63) is 29.3 Å². The highest BCUT2D eigenvalue weighted by atomic mass is 16.5. The van der Waals surface area contributed by atoms with Crippen molar-refractivity contribution in [1.82, 2.24) is 9.80 Å². The molecule has 2 fully saturated rings. The van der Waals surface area contributed by atoms with Gasteiger partial charge in [0, 0.05) is 38.8 Å². The first kappa shape index (κ1) is 17.4. The van der Waals surface area contributed by atoms with Crippen LogP contribution in [0.3, 0.4) is 0 Å². The quantitative estimate of drug-likeness (QED) is 0.822. The zero-order valence-electron chi connectivity index (χ0n) is 16.5. The third-order valence-electron chi connectivity index (χ3n) is 6.45. The Bertz CT molecular complexity index is 621. The lowest BCUT2D eigenvalue weighted by molar-refractivity contribution is -0.0212. The lowest BCUT2D eigenvalue weighted by Crippen LogP contribution is -2.52. The van der Waals surface area contributed by atoms with Crippen molar-refractivity contribution < 1.29 is 4.74 Å². The predicted molar refractivity (Wildman–Crippen MR) is 103 cm³/mol. The molecule has 25 heavy (non-hydrogen) atoms. The maximum atomic E-state index is 6.58. The van der Waals surface area contributed by atoms with Crippen LogP contribution < -0.4 is 4.74 Å². The van der Waals surface area contributed by atoms with Gasteiger partial charge in [0.1, 0.15) is 11.4 Å². The number of hydrogen-bond donors (Lipinski definition) is 0. The van der Waals surface area contributed by atoms with Crippen molar-refractivity contribution in [2.45, 2.75) is 71.6 Å². The Hall–Kier alpha value is -1.06. The van der Waals surface area contributed by atoms with E-state index in [1.54, 1.807) is 0 Å². The molecule has 3 aliphatic heterocycles. The Labute approximate surface area is 153 Å². The van der Waals surface area contributed by atoms with E-state index in [0.29, 0.717) is 11.5 Å². The van der Waals surface area contributed by atoms with E-state index in [9.17, 15) is 0 Å². The highest BCUT2D eigenvalue weighted by Crippen LogP contribution is 2.40. The van der Waals surface area contributed by atoms with Gasteiger partial charge >= 0.3 is 0 Å². The lowest BCUT2D eigenvalue weighted by atomic mass is 9.82. The van der Waals surface area contributed by atoms with Gasteiger partial charge in [0.15, 0.2) is 0 Å². The number of fused-ring (bicyclic) bond motifs is 1. The van der Waals surface area contributed by atoms with E-state index in [4.69, 9.17) is 4.74 Å². The van der Waals surface area contributed by atoms with Crippen LogP contribution in [0.4, 0.5) is 0 Å². The number of rotatable bonds is 3. The molecule has 0 saturated carbocycles. The average Bonchev–Trinajstić information content (AvgIpc) is 2.54. The smallest absolute Gasteiger partial charge is 0.123 e. The summed E-state index contributed by atoms with van der Waals surface area (Å²) in [5.74, 6) is 1.15. The van der Waals surface area contributed by atoms with Gasteiger partial charge < -0.3 is 9.64 Å². The summed E-state index contributed by atoms with van der Waals surface area (Å²) >= 11 is 0. The SMILES string of the molecule is CC(C)N1CCC2(CCc3cc(CN4CC(C)(C)C4)ccc3O2)CC1. The van der Waals surface area contributed by atoms with Crippen molar-refractivity contribution in [2.75, 3.05) is 26.2 Å². The molecule has 0 bridgehead atoms. The Kier molecular flexibility index (Phi) is 4.36. The van der Waals surface area contributed by atoms with Crippen molar-refractivity contribution in [1.29, 1.82) is 0 Å². The second-order valence-electron chi connectivity index (χ2n) is 9.67. The maximum Gasteiger partial charge on any atom is 0.123 e. The molecular formula is C22H34N2O. The Morgan fingerprint density at radius 1 is 1.08 bits per heavy atom. The monoisotopic (exact) mass is 342 g/mol. The third kappa shape index (κ3) is 3.59. The zero-order valence-corrected chi connectivity index (χ0v) is 16.5. The van der Waals surface area contributed by atoms with Crippen LogP contribution >= 0.6 is 0 Å². The van der Waals surface area contributed by atoms with Crippen molar-refractivity contribution in [3.63, 3.8) is 0 Å². The summed E-state index contributed by atoms with van der Waals surface area (Å²) in [5, 5.41) is 0. The first-order valence-electron chi connectivity index (χ1n) is 10.1. The van der Waals surface area contributed by atoms with Crippen molar-refractivity contribution in [2.24, 2.45) is 5.41 Å². The molecule has 138 valence electrons. The van der Waals surface area contributed by atoms with Crippen molar-refractivity contribution in [3.8, 4) is 5.75 Å². The molecule has 1 aromatic carbocycles. The number of nitrogens with zero attached hydrogens (tertiary/aromatic N) is 2. The third-order valence-corrected chi connectivity index (χ3v) is 6.45. The normalized spacial score (nSPS) is 25.5. The molecule has 1 aromatic rings. The first-order valence-corrected chi connectivity index (χ1v) is 10.1. The van der Waals surface area contributed by atoms with E-state index < -0.39 is 0 Å². The van der Waals surface area contributed by atoms with E-state index in [1.807, 2.05) is 0 Å². The van der Waals surface area contributed by atoms with E-state index in [2.05, 4.69) is 55.7 Å². The molecular weight excluding hydrogens is 308 g/mol. The van der Waals surface area contributed by atoms with Crippen LogP contribution in [0.2, 0.25) is 0 Å². The molecule has 3 heterocycles. The van der Waals surface area contributed by atoms with Crippen LogP contribution in [-0.2, 0) is 13.0 Å². The molecule has 3 heteroatoms. The summed E-state index contributed by atoms with van der Waals surface area (Å²) in [7, 11) is 0. The molecule has 3 aliphatic rings. The molecule has 0 aromatic heterocycles. The number of piperidine rings is 1. The number of hydrogen-bond acceptors (Lipinski definition) is 3. The van der Waals surface area contributed by atoms with Gasteiger partial charge in [-0.25, -0.2) is 0 Å². The molecule has 2 saturated heterocycles. The summed E-state index contributed by atoms with van der Waals surface area (Å²) in [6, 6.07) is 7.58. The molecule has 0 N–H and O–H groups in total. The summed E-state index contributed by atoms with van der Waals surface area (Å²) in [6.45, 7) is 15.2. The first-order chi connectivity index (χ1) is 11.8. The Morgan fingerprint density at radius 3 is 2.44 bits per heavy atom. The number of likely N-dealkylation sites (tertiary alicyclic amines) is 2. The van der Waals surface area contributed by atoms with Crippen LogP contribution in [-0.4, -0.2) is 47.6 Å². The Balaban J connectivity index is 1.39. The van der Waals surface area contributed by atoms with Gasteiger partial charge in [0.05, 0.1) is 0 Å². The van der Waals surface area contributed by atoms with Gasteiger partial charge in [-0.3, -0.25) is 4.90 Å². The summed E-state index contributed by atoms with van der Waals surface area (Å²) < 4.78 is 6.58. The predicted octanol–water partition coefficient (Wildman–Crippen LogP) is 4.10. The minimum absolute atomic E-state index is 0.0986. The molecule has 0 amide bonds. The molecule has 1 spiro atoms. The second-order valence-corrected chi connectivity index (χ2v) is 9.67. The van der Waals surface area contributed by atoms with Gasteiger partial charge in [0.25, 0.3) is 0 Å². The van der Waals surface area contributed by atoms with Crippen LogP contribution in [0.1, 0.15) is 58.1 Å². The molecule has 0 unspecified atom stereocenters. The maximum absolute atomic E-state index is 6.58. The summed E-state index contributed by atoms with van der Waals surface area (Å²) in [5.41, 5.74) is 3.48. The molecule has 0 atom stereocenters. The molecule has 3 nitrogen and oxygen atoms in total. The fourth-order valence-corrected chi connectivity index (χ4v) is 5.01. The zero-order chi connectivity index (χ0) is 17.7. The van der Waals surface area contributed by atoms with Crippen LogP contribution in [0.15, 0.2) is 18.2 Å². The van der Waals surface area contributed by atoms with Crippen LogP contribution in [0.5, 0.6) is 5.75 Å². The second kappa shape index (κ2) is 6.28. The van der Waals surface area contributed by atoms with Crippen molar-refractivity contribution >= 4 is 0 Å². The standard InChI is InChI=1S/C22H34N2O/c1-17(2)24-11-9-22(10-12-24)8-7-19-13-18(5-6-20(19)25-22)14-23-15-21(3,4)16-23/h5-6,13,17H,7-12,14-16H2,1-4H3. The average molecular weight is 343 g/mol. The van der Waals surface area contributed by atoms with E-state index in [1.165, 1.54) is 63.0 Å².